The van der Waals surface area contributed by atoms with Gasteiger partial charge in [0.15, 0.2) is 0 Å². The number of piperazine rings is 1. The summed E-state index contributed by atoms with van der Waals surface area (Å²) in [5, 5.41) is 6.11. The van der Waals surface area contributed by atoms with Crippen LogP contribution in [-0.2, 0) is 0 Å². The van der Waals surface area contributed by atoms with Crippen molar-refractivity contribution in [3.8, 4) is 0 Å². The van der Waals surface area contributed by atoms with E-state index in [4.69, 9.17) is 0 Å². The van der Waals surface area contributed by atoms with E-state index in [0.717, 1.165) is 13.1 Å². The molecule has 0 spiro atoms. The summed E-state index contributed by atoms with van der Waals surface area (Å²) in [5.41, 5.74) is 1.92. The molecule has 0 aliphatic carbocycles. The van der Waals surface area contributed by atoms with Crippen molar-refractivity contribution in [3.05, 3.63) is 65.7 Å². The van der Waals surface area contributed by atoms with Gasteiger partial charge in [0.1, 0.15) is 0 Å². The van der Waals surface area contributed by atoms with Crippen molar-refractivity contribution < 1.29 is 9.59 Å². The third-order valence-electron chi connectivity index (χ3n) is 4.19. The van der Waals surface area contributed by atoms with Gasteiger partial charge in [-0.25, -0.2) is 0 Å². The largest absolute Gasteiger partial charge is 0.333 e. The molecule has 1 aliphatic heterocycles. The quantitative estimate of drug-likeness (QED) is 0.911. The molecule has 2 amide bonds. The molecule has 5 nitrogen and oxygen atoms in total. The molecule has 1 atom stereocenters. The molecule has 24 heavy (non-hydrogen) atoms. The molecule has 0 aromatic heterocycles. The first-order chi connectivity index (χ1) is 11.6. The molecule has 0 radical (unpaired) electrons. The topological polar surface area (TPSA) is 61.4 Å². The number of hydrogen-bond donors (Lipinski definition) is 2. The first kappa shape index (κ1) is 16.2. The predicted octanol–water partition coefficient (Wildman–Crippen LogP) is 2.37. The number of amides is 2. The van der Waals surface area contributed by atoms with E-state index in [2.05, 4.69) is 10.6 Å². The minimum atomic E-state index is -0.162. The number of carbonyl (C=O) groups excluding carboxylic acids is 2. The average Bonchev–Trinajstić information content (AvgIpc) is 2.63. The molecule has 2 N–H and O–H groups in total. The lowest BCUT2D eigenvalue weighted by Crippen LogP contribution is -2.52. The molecule has 1 saturated heterocycles. The fraction of sp³-hybridized carbons (Fsp3) is 0.263. The first-order valence-corrected chi connectivity index (χ1v) is 8.13. The maximum Gasteiger partial charge on any atom is 0.255 e. The summed E-state index contributed by atoms with van der Waals surface area (Å²) in [7, 11) is 0. The minimum absolute atomic E-state index is 0.0323. The van der Waals surface area contributed by atoms with E-state index in [1.807, 2.05) is 30.0 Å². The summed E-state index contributed by atoms with van der Waals surface area (Å²) in [4.78, 5) is 26.6. The normalized spacial score (nSPS) is 17.4. The third-order valence-corrected chi connectivity index (χ3v) is 4.19. The lowest BCUT2D eigenvalue weighted by molar-refractivity contribution is 0.0655. The Balaban J connectivity index is 1.67. The molecule has 2 aromatic rings. The van der Waals surface area contributed by atoms with Crippen molar-refractivity contribution >= 4 is 17.5 Å². The Morgan fingerprint density at radius 3 is 2.42 bits per heavy atom. The minimum Gasteiger partial charge on any atom is -0.333 e. The lowest BCUT2D eigenvalue weighted by Gasteiger charge is -2.34. The van der Waals surface area contributed by atoms with Gasteiger partial charge >= 0.3 is 0 Å². The van der Waals surface area contributed by atoms with Gasteiger partial charge in [0.2, 0.25) is 0 Å². The molecular weight excluding hydrogens is 302 g/mol. The molecule has 5 heteroatoms. The Morgan fingerprint density at radius 2 is 1.75 bits per heavy atom. The number of rotatable bonds is 3. The Hall–Kier alpha value is -2.66. The zero-order valence-corrected chi connectivity index (χ0v) is 13.7. The summed E-state index contributed by atoms with van der Waals surface area (Å²) >= 11 is 0. The monoisotopic (exact) mass is 323 g/mol. The molecule has 3 rings (SSSR count). The average molecular weight is 323 g/mol. The summed E-state index contributed by atoms with van der Waals surface area (Å²) in [6.07, 6.45) is 0. The van der Waals surface area contributed by atoms with Crippen LogP contribution in [0.1, 0.15) is 27.6 Å². The van der Waals surface area contributed by atoms with E-state index in [0.29, 0.717) is 23.4 Å². The summed E-state index contributed by atoms with van der Waals surface area (Å²) in [6.45, 7) is 4.39. The Morgan fingerprint density at radius 1 is 1.04 bits per heavy atom. The van der Waals surface area contributed by atoms with Crippen LogP contribution < -0.4 is 10.6 Å². The van der Waals surface area contributed by atoms with E-state index in [-0.39, 0.29) is 17.9 Å². The van der Waals surface area contributed by atoms with Crippen LogP contribution in [-0.4, -0.2) is 42.4 Å². The highest BCUT2D eigenvalue weighted by atomic mass is 16.2. The van der Waals surface area contributed by atoms with Gasteiger partial charge in [0, 0.05) is 42.5 Å². The summed E-state index contributed by atoms with van der Waals surface area (Å²) in [5.74, 6) is -0.129. The van der Waals surface area contributed by atoms with Gasteiger partial charge in [-0.15, -0.1) is 0 Å². The van der Waals surface area contributed by atoms with E-state index in [9.17, 15) is 9.59 Å². The maximum atomic E-state index is 12.6. The van der Waals surface area contributed by atoms with Crippen LogP contribution >= 0.6 is 0 Å². The highest BCUT2D eigenvalue weighted by Gasteiger charge is 2.23. The predicted molar refractivity (Wildman–Crippen MR) is 94.2 cm³/mol. The number of benzene rings is 2. The molecule has 1 unspecified atom stereocenters. The van der Waals surface area contributed by atoms with Crippen LogP contribution in [0.2, 0.25) is 0 Å². The summed E-state index contributed by atoms with van der Waals surface area (Å²) in [6, 6.07) is 16.3. The molecule has 1 heterocycles. The number of anilines is 1. The Kier molecular flexibility index (Phi) is 4.91. The van der Waals surface area contributed by atoms with Gasteiger partial charge in [-0.3, -0.25) is 9.59 Å². The van der Waals surface area contributed by atoms with Crippen molar-refractivity contribution in [2.24, 2.45) is 0 Å². The molecule has 0 saturated carbocycles. The van der Waals surface area contributed by atoms with Crippen molar-refractivity contribution in [2.45, 2.75) is 13.0 Å². The highest BCUT2D eigenvalue weighted by molar-refractivity contribution is 6.04. The smallest absolute Gasteiger partial charge is 0.255 e. The fourth-order valence-electron chi connectivity index (χ4n) is 2.80. The van der Waals surface area contributed by atoms with Gasteiger partial charge in [0.05, 0.1) is 0 Å². The number of nitrogens with zero attached hydrogens (tertiary/aromatic N) is 1. The molecule has 1 aliphatic rings. The molecule has 2 aromatic carbocycles. The van der Waals surface area contributed by atoms with Crippen LogP contribution in [0.5, 0.6) is 0 Å². The molecule has 124 valence electrons. The van der Waals surface area contributed by atoms with Gasteiger partial charge in [-0.2, -0.15) is 0 Å². The van der Waals surface area contributed by atoms with E-state index < -0.39 is 0 Å². The number of carbonyl (C=O) groups is 2. The number of nitrogens with one attached hydrogen (secondary N) is 2. The molecular formula is C19H21N3O2. The van der Waals surface area contributed by atoms with Gasteiger partial charge in [-0.1, -0.05) is 18.2 Å². The van der Waals surface area contributed by atoms with E-state index >= 15 is 0 Å². The first-order valence-electron chi connectivity index (χ1n) is 8.13. The Bertz CT molecular complexity index is 713. The van der Waals surface area contributed by atoms with Crippen molar-refractivity contribution in [2.75, 3.05) is 25.0 Å². The molecule has 1 fully saturated rings. The zero-order chi connectivity index (χ0) is 16.9. The van der Waals surface area contributed by atoms with Crippen LogP contribution in [0.15, 0.2) is 54.6 Å². The fourth-order valence-corrected chi connectivity index (χ4v) is 2.80. The van der Waals surface area contributed by atoms with Crippen LogP contribution in [0.25, 0.3) is 0 Å². The molecule has 0 bridgehead atoms. The summed E-state index contributed by atoms with van der Waals surface area (Å²) < 4.78 is 0. The number of hydrogen-bond acceptors (Lipinski definition) is 3. The van der Waals surface area contributed by atoms with Crippen LogP contribution in [0, 0.1) is 0 Å². The van der Waals surface area contributed by atoms with Crippen LogP contribution in [0.3, 0.4) is 0 Å². The Labute approximate surface area is 141 Å². The van der Waals surface area contributed by atoms with Crippen molar-refractivity contribution in [3.63, 3.8) is 0 Å². The van der Waals surface area contributed by atoms with Crippen molar-refractivity contribution in [1.82, 2.24) is 10.2 Å². The standard InChI is InChI=1S/C19H21N3O2/c1-14-13-20-11-12-22(14)19(24)16-7-9-17(10-8-16)21-18(23)15-5-3-2-4-6-15/h2-10,14,20H,11-13H2,1H3,(H,21,23). The van der Waals surface area contributed by atoms with E-state index in [1.165, 1.54) is 0 Å². The van der Waals surface area contributed by atoms with Gasteiger partial charge in [-0.05, 0) is 43.3 Å². The third kappa shape index (κ3) is 3.63. The lowest BCUT2D eigenvalue weighted by atomic mass is 10.1. The zero-order valence-electron chi connectivity index (χ0n) is 13.7. The highest BCUT2D eigenvalue weighted by Crippen LogP contribution is 2.15. The van der Waals surface area contributed by atoms with Gasteiger partial charge < -0.3 is 15.5 Å². The van der Waals surface area contributed by atoms with E-state index in [1.54, 1.807) is 36.4 Å². The second kappa shape index (κ2) is 7.27. The second-order valence-electron chi connectivity index (χ2n) is 5.95. The van der Waals surface area contributed by atoms with Gasteiger partial charge in [0.25, 0.3) is 11.8 Å². The maximum absolute atomic E-state index is 12.6. The van der Waals surface area contributed by atoms with Crippen LogP contribution in [0.4, 0.5) is 5.69 Å². The second-order valence-corrected chi connectivity index (χ2v) is 5.95. The van der Waals surface area contributed by atoms with Crippen molar-refractivity contribution in [1.29, 1.82) is 0 Å². The SMILES string of the molecule is CC1CNCCN1C(=O)c1ccc(NC(=O)c2ccccc2)cc1.